The second-order valence-corrected chi connectivity index (χ2v) is 3.56. The molecular formula is C7H10ClNO. The van der Waals surface area contributed by atoms with Gasteiger partial charge in [-0.3, -0.25) is 4.79 Å². The van der Waals surface area contributed by atoms with Crippen LogP contribution in [0, 0.1) is 0 Å². The van der Waals surface area contributed by atoms with E-state index in [0.29, 0.717) is 0 Å². The molecular weight excluding hydrogens is 150 g/mol. The Balaban J connectivity index is 2.05. The first-order valence-electron chi connectivity index (χ1n) is 3.72. The van der Waals surface area contributed by atoms with Crippen LogP contribution in [0.4, 0.5) is 4.79 Å². The van der Waals surface area contributed by atoms with Gasteiger partial charge in [0.25, 0.3) is 0 Å². The van der Waals surface area contributed by atoms with Gasteiger partial charge in [-0.1, -0.05) is 0 Å². The summed E-state index contributed by atoms with van der Waals surface area (Å²) < 4.78 is 0. The highest BCUT2D eigenvalue weighted by Gasteiger charge is 2.50. The SMILES string of the molecule is O=C(Cl)N1CCC12CCC2. The molecule has 1 spiro atoms. The number of carbonyl (C=O) groups excluding carboxylic acids is 1. The quantitative estimate of drug-likeness (QED) is 0.391. The van der Waals surface area contributed by atoms with Crippen LogP contribution < -0.4 is 0 Å². The van der Waals surface area contributed by atoms with E-state index in [1.54, 1.807) is 4.90 Å². The second-order valence-electron chi connectivity index (χ2n) is 3.23. The predicted molar refractivity (Wildman–Crippen MR) is 39.2 cm³/mol. The van der Waals surface area contributed by atoms with Crippen LogP contribution in [0.3, 0.4) is 0 Å². The third-order valence-corrected chi connectivity index (χ3v) is 3.07. The predicted octanol–water partition coefficient (Wildman–Crippen LogP) is 1.97. The fourth-order valence-electron chi connectivity index (χ4n) is 1.92. The van der Waals surface area contributed by atoms with E-state index in [0.717, 1.165) is 6.54 Å². The average Bonchev–Trinajstić information content (AvgIpc) is 1.53. The van der Waals surface area contributed by atoms with Crippen molar-refractivity contribution in [3.8, 4) is 0 Å². The first kappa shape index (κ1) is 6.47. The molecule has 0 aromatic carbocycles. The summed E-state index contributed by atoms with van der Waals surface area (Å²) in [4.78, 5) is 12.5. The summed E-state index contributed by atoms with van der Waals surface area (Å²) in [5.74, 6) is 0. The van der Waals surface area contributed by atoms with E-state index in [4.69, 9.17) is 11.6 Å². The van der Waals surface area contributed by atoms with E-state index in [1.807, 2.05) is 0 Å². The molecule has 10 heavy (non-hydrogen) atoms. The maximum absolute atomic E-state index is 10.7. The summed E-state index contributed by atoms with van der Waals surface area (Å²) in [6.45, 7) is 0.877. The fourth-order valence-corrected chi connectivity index (χ4v) is 2.18. The minimum atomic E-state index is -0.258. The van der Waals surface area contributed by atoms with E-state index in [9.17, 15) is 4.79 Å². The highest BCUT2D eigenvalue weighted by atomic mass is 35.5. The molecule has 0 N–H and O–H groups in total. The third-order valence-electron chi connectivity index (χ3n) is 2.87. The van der Waals surface area contributed by atoms with Gasteiger partial charge >= 0.3 is 5.37 Å². The fraction of sp³-hybridized carbons (Fsp3) is 0.857. The van der Waals surface area contributed by atoms with Gasteiger partial charge in [-0.05, 0) is 37.3 Å². The molecule has 0 bridgehead atoms. The van der Waals surface area contributed by atoms with Gasteiger partial charge in [0.15, 0.2) is 0 Å². The van der Waals surface area contributed by atoms with Crippen molar-refractivity contribution in [2.75, 3.05) is 6.54 Å². The lowest BCUT2D eigenvalue weighted by molar-refractivity contribution is -0.0281. The molecule has 0 aromatic heterocycles. The Labute approximate surface area is 65.1 Å². The topological polar surface area (TPSA) is 20.3 Å². The van der Waals surface area contributed by atoms with Crippen LogP contribution in [0.25, 0.3) is 0 Å². The minimum absolute atomic E-state index is 0.235. The Bertz CT molecular complexity index is 171. The van der Waals surface area contributed by atoms with Crippen molar-refractivity contribution >= 4 is 17.0 Å². The zero-order chi connectivity index (χ0) is 7.19. The number of carbonyl (C=O) groups is 1. The zero-order valence-electron chi connectivity index (χ0n) is 5.77. The minimum Gasteiger partial charge on any atom is -0.323 e. The molecule has 1 aliphatic heterocycles. The van der Waals surface area contributed by atoms with Crippen LogP contribution in [0.5, 0.6) is 0 Å². The van der Waals surface area contributed by atoms with Crippen molar-refractivity contribution in [3.63, 3.8) is 0 Å². The smallest absolute Gasteiger partial charge is 0.316 e. The molecule has 1 saturated heterocycles. The summed E-state index contributed by atoms with van der Waals surface area (Å²) in [7, 11) is 0. The number of hydrogen-bond donors (Lipinski definition) is 0. The van der Waals surface area contributed by atoms with Crippen molar-refractivity contribution in [2.45, 2.75) is 31.2 Å². The Kier molecular flexibility index (Phi) is 1.21. The van der Waals surface area contributed by atoms with Crippen LogP contribution in [0.2, 0.25) is 0 Å². The molecule has 2 nitrogen and oxygen atoms in total. The number of nitrogens with zero attached hydrogens (tertiary/aromatic N) is 1. The molecule has 2 rings (SSSR count). The van der Waals surface area contributed by atoms with Crippen molar-refractivity contribution < 1.29 is 4.79 Å². The summed E-state index contributed by atoms with van der Waals surface area (Å²) in [5, 5.41) is -0.258. The molecule has 0 atom stereocenters. The molecule has 3 heteroatoms. The lowest BCUT2D eigenvalue weighted by Crippen LogP contribution is -2.64. The van der Waals surface area contributed by atoms with Gasteiger partial charge in [-0.2, -0.15) is 0 Å². The second kappa shape index (κ2) is 1.88. The Morgan fingerprint density at radius 3 is 2.20 bits per heavy atom. The van der Waals surface area contributed by atoms with Crippen molar-refractivity contribution in [1.82, 2.24) is 4.90 Å². The Morgan fingerprint density at radius 2 is 2.10 bits per heavy atom. The van der Waals surface area contributed by atoms with Crippen molar-refractivity contribution in [1.29, 1.82) is 0 Å². The Morgan fingerprint density at radius 1 is 1.40 bits per heavy atom. The highest BCUT2D eigenvalue weighted by molar-refractivity contribution is 6.63. The molecule has 56 valence electrons. The lowest BCUT2D eigenvalue weighted by atomic mass is 9.68. The molecule has 1 amide bonds. The molecule has 1 heterocycles. The molecule has 2 aliphatic rings. The maximum Gasteiger partial charge on any atom is 0.316 e. The summed E-state index contributed by atoms with van der Waals surface area (Å²) >= 11 is 5.36. The van der Waals surface area contributed by atoms with E-state index >= 15 is 0 Å². The van der Waals surface area contributed by atoms with Crippen LogP contribution in [0.15, 0.2) is 0 Å². The van der Waals surface area contributed by atoms with Gasteiger partial charge in [0, 0.05) is 12.1 Å². The summed E-state index contributed by atoms with van der Waals surface area (Å²) in [6.07, 6.45) is 4.78. The number of halogens is 1. The van der Waals surface area contributed by atoms with Crippen molar-refractivity contribution in [3.05, 3.63) is 0 Å². The van der Waals surface area contributed by atoms with Gasteiger partial charge in [-0.15, -0.1) is 0 Å². The summed E-state index contributed by atoms with van der Waals surface area (Å²) in [5.41, 5.74) is 0.235. The van der Waals surface area contributed by atoms with Crippen LogP contribution >= 0.6 is 11.6 Å². The van der Waals surface area contributed by atoms with E-state index in [1.165, 1.54) is 25.7 Å². The van der Waals surface area contributed by atoms with Crippen LogP contribution in [0.1, 0.15) is 25.7 Å². The number of rotatable bonds is 0. The first-order chi connectivity index (χ1) is 4.75. The van der Waals surface area contributed by atoms with E-state index < -0.39 is 0 Å². The number of likely N-dealkylation sites (tertiary alicyclic amines) is 1. The molecule has 0 unspecified atom stereocenters. The largest absolute Gasteiger partial charge is 0.323 e. The van der Waals surface area contributed by atoms with Gasteiger partial charge in [0.2, 0.25) is 0 Å². The number of amides is 1. The van der Waals surface area contributed by atoms with Gasteiger partial charge < -0.3 is 4.90 Å². The zero-order valence-corrected chi connectivity index (χ0v) is 6.52. The van der Waals surface area contributed by atoms with Crippen molar-refractivity contribution in [2.24, 2.45) is 0 Å². The lowest BCUT2D eigenvalue weighted by Gasteiger charge is -2.57. The normalized spacial score (nSPS) is 27.5. The molecule has 0 radical (unpaired) electrons. The third kappa shape index (κ3) is 0.628. The van der Waals surface area contributed by atoms with Gasteiger partial charge in [0.1, 0.15) is 0 Å². The standard InChI is InChI=1S/C7H10ClNO/c8-6(10)9-5-4-7(9)2-1-3-7/h1-5H2. The Hall–Kier alpha value is -0.240. The van der Waals surface area contributed by atoms with E-state index in [2.05, 4.69) is 0 Å². The molecule has 2 fully saturated rings. The maximum atomic E-state index is 10.7. The average molecular weight is 160 g/mol. The highest BCUT2D eigenvalue weighted by Crippen LogP contribution is 2.47. The molecule has 1 saturated carbocycles. The number of hydrogen-bond acceptors (Lipinski definition) is 1. The summed E-state index contributed by atoms with van der Waals surface area (Å²) in [6, 6.07) is 0. The van der Waals surface area contributed by atoms with Crippen LogP contribution in [-0.2, 0) is 0 Å². The van der Waals surface area contributed by atoms with Gasteiger partial charge in [-0.25, -0.2) is 0 Å². The first-order valence-corrected chi connectivity index (χ1v) is 4.10. The molecule has 1 aliphatic carbocycles. The van der Waals surface area contributed by atoms with Crippen LogP contribution in [-0.4, -0.2) is 22.3 Å². The van der Waals surface area contributed by atoms with Gasteiger partial charge in [0.05, 0.1) is 0 Å². The monoisotopic (exact) mass is 159 g/mol. The van der Waals surface area contributed by atoms with E-state index in [-0.39, 0.29) is 10.9 Å². The molecule has 0 aromatic rings.